The molecule has 2 heterocycles. The van der Waals surface area contributed by atoms with Crippen LogP contribution in [0, 0.1) is 0 Å². The predicted molar refractivity (Wildman–Crippen MR) is 90.3 cm³/mol. The first-order valence-electron chi connectivity index (χ1n) is 8.12. The zero-order valence-electron chi connectivity index (χ0n) is 13.5. The largest absolute Gasteiger partial charge is 0.327 e. The van der Waals surface area contributed by atoms with Gasteiger partial charge in [0.1, 0.15) is 0 Å². The first kappa shape index (κ1) is 16.6. The molecule has 0 saturated carbocycles. The molecule has 2 aromatic rings. The van der Waals surface area contributed by atoms with Crippen LogP contribution in [-0.2, 0) is 4.79 Å². The van der Waals surface area contributed by atoms with Crippen LogP contribution in [0.4, 0.5) is 0 Å². The molecule has 126 valence electrons. The summed E-state index contributed by atoms with van der Waals surface area (Å²) in [5.74, 6) is -0.152. The van der Waals surface area contributed by atoms with E-state index in [1.54, 1.807) is 23.2 Å². The minimum absolute atomic E-state index is 0.0987. The number of hydrogen-bond acceptors (Lipinski definition) is 4. The van der Waals surface area contributed by atoms with E-state index in [4.69, 9.17) is 11.6 Å². The predicted octanol–water partition coefficient (Wildman–Crippen LogP) is 2.89. The molecule has 1 aromatic carbocycles. The zero-order valence-corrected chi connectivity index (χ0v) is 14.2. The summed E-state index contributed by atoms with van der Waals surface area (Å²) in [6.07, 6.45) is 4.58. The topological polar surface area (TPSA) is 68.1 Å². The Balaban J connectivity index is 1.85. The quantitative estimate of drug-likeness (QED) is 0.853. The molecular formula is C17H19ClN4O2. The molecule has 6 nitrogen and oxygen atoms in total. The number of hydrogen-bond donors (Lipinski definition) is 0. The standard InChI is InChI=1S/C17H19ClN4O2/c1-2-16(23)15-9-5-6-10-21(15)17(24)13-11-22(20-19-13)14-8-4-3-7-12(14)18/h3-4,7-8,11,15H,2,5-6,9-10H2,1H3. The molecule has 1 atom stereocenters. The molecule has 0 spiro atoms. The summed E-state index contributed by atoms with van der Waals surface area (Å²) in [6.45, 7) is 2.40. The van der Waals surface area contributed by atoms with Crippen molar-refractivity contribution >= 4 is 23.3 Å². The lowest BCUT2D eigenvalue weighted by atomic mass is 9.97. The molecule has 1 aromatic heterocycles. The van der Waals surface area contributed by atoms with Crippen LogP contribution in [0.1, 0.15) is 43.1 Å². The third-order valence-electron chi connectivity index (χ3n) is 4.30. The van der Waals surface area contributed by atoms with Gasteiger partial charge in [-0.1, -0.05) is 35.9 Å². The van der Waals surface area contributed by atoms with Gasteiger partial charge in [0, 0.05) is 13.0 Å². The van der Waals surface area contributed by atoms with Crippen molar-refractivity contribution in [1.82, 2.24) is 19.9 Å². The van der Waals surface area contributed by atoms with Crippen LogP contribution in [0.5, 0.6) is 0 Å². The molecule has 0 bridgehead atoms. The Morgan fingerprint density at radius 3 is 2.83 bits per heavy atom. The highest BCUT2D eigenvalue weighted by Crippen LogP contribution is 2.22. The fourth-order valence-corrected chi connectivity index (χ4v) is 3.23. The third kappa shape index (κ3) is 3.19. The fraction of sp³-hybridized carbons (Fsp3) is 0.412. The van der Waals surface area contributed by atoms with E-state index in [1.807, 2.05) is 19.1 Å². The van der Waals surface area contributed by atoms with Gasteiger partial charge >= 0.3 is 0 Å². The average Bonchev–Trinajstić information content (AvgIpc) is 3.10. The Bertz CT molecular complexity index is 759. The molecule has 24 heavy (non-hydrogen) atoms. The van der Waals surface area contributed by atoms with Gasteiger partial charge < -0.3 is 4.90 Å². The van der Waals surface area contributed by atoms with E-state index >= 15 is 0 Å². The van der Waals surface area contributed by atoms with E-state index in [0.29, 0.717) is 23.7 Å². The smallest absolute Gasteiger partial charge is 0.276 e. The average molecular weight is 347 g/mol. The number of carbonyl (C=O) groups excluding carboxylic acids is 2. The highest BCUT2D eigenvalue weighted by molar-refractivity contribution is 6.32. The van der Waals surface area contributed by atoms with Gasteiger partial charge in [-0.25, -0.2) is 4.68 Å². The van der Waals surface area contributed by atoms with E-state index < -0.39 is 0 Å². The molecule has 7 heteroatoms. The second-order valence-electron chi connectivity index (χ2n) is 5.83. The number of aromatic nitrogens is 3. The summed E-state index contributed by atoms with van der Waals surface area (Å²) >= 11 is 6.15. The summed E-state index contributed by atoms with van der Waals surface area (Å²) in [7, 11) is 0. The molecule has 1 aliphatic rings. The van der Waals surface area contributed by atoms with Crippen molar-refractivity contribution in [2.75, 3.05) is 6.54 Å². The van der Waals surface area contributed by atoms with E-state index in [-0.39, 0.29) is 23.4 Å². The second kappa shape index (κ2) is 7.13. The molecule has 0 radical (unpaired) electrons. The van der Waals surface area contributed by atoms with Crippen LogP contribution in [-0.4, -0.2) is 44.2 Å². The first-order chi connectivity index (χ1) is 11.6. The number of benzene rings is 1. The molecule has 1 unspecified atom stereocenters. The first-order valence-corrected chi connectivity index (χ1v) is 8.50. The molecule has 1 fully saturated rings. The number of piperidine rings is 1. The number of para-hydroxylation sites is 1. The Labute approximate surface area is 145 Å². The van der Waals surface area contributed by atoms with Crippen LogP contribution in [0.2, 0.25) is 5.02 Å². The van der Waals surface area contributed by atoms with Gasteiger partial charge in [0.25, 0.3) is 5.91 Å². The van der Waals surface area contributed by atoms with Crippen molar-refractivity contribution in [3.05, 3.63) is 41.2 Å². The van der Waals surface area contributed by atoms with Crippen LogP contribution in [0.3, 0.4) is 0 Å². The minimum atomic E-state index is -0.346. The highest BCUT2D eigenvalue weighted by Gasteiger charge is 2.32. The molecule has 1 aliphatic heterocycles. The number of ketones is 1. The van der Waals surface area contributed by atoms with Crippen molar-refractivity contribution in [2.45, 2.75) is 38.6 Å². The lowest BCUT2D eigenvalue weighted by Gasteiger charge is -2.34. The maximum absolute atomic E-state index is 12.8. The summed E-state index contributed by atoms with van der Waals surface area (Å²) in [5.41, 5.74) is 0.885. The lowest BCUT2D eigenvalue weighted by Crippen LogP contribution is -2.48. The number of amides is 1. The monoisotopic (exact) mass is 346 g/mol. The van der Waals surface area contributed by atoms with Gasteiger partial charge in [-0.05, 0) is 31.4 Å². The van der Waals surface area contributed by atoms with Crippen molar-refractivity contribution in [3.63, 3.8) is 0 Å². The zero-order chi connectivity index (χ0) is 17.1. The van der Waals surface area contributed by atoms with Gasteiger partial charge in [-0.2, -0.15) is 0 Å². The van der Waals surface area contributed by atoms with E-state index in [0.717, 1.165) is 19.3 Å². The lowest BCUT2D eigenvalue weighted by molar-refractivity contribution is -0.124. The number of likely N-dealkylation sites (tertiary alicyclic amines) is 1. The molecule has 0 aliphatic carbocycles. The highest BCUT2D eigenvalue weighted by atomic mass is 35.5. The maximum Gasteiger partial charge on any atom is 0.276 e. The summed E-state index contributed by atoms with van der Waals surface area (Å²) in [4.78, 5) is 26.6. The Morgan fingerprint density at radius 1 is 1.29 bits per heavy atom. The summed E-state index contributed by atoms with van der Waals surface area (Å²) in [5, 5.41) is 8.51. The molecule has 0 N–H and O–H groups in total. The molecule has 1 amide bonds. The molecule has 3 rings (SSSR count). The third-order valence-corrected chi connectivity index (χ3v) is 4.62. The van der Waals surface area contributed by atoms with Gasteiger partial charge in [-0.15, -0.1) is 5.10 Å². The minimum Gasteiger partial charge on any atom is -0.327 e. The van der Waals surface area contributed by atoms with Crippen LogP contribution in [0.25, 0.3) is 5.69 Å². The van der Waals surface area contributed by atoms with Crippen molar-refractivity contribution in [2.24, 2.45) is 0 Å². The van der Waals surface area contributed by atoms with Crippen LogP contribution < -0.4 is 0 Å². The Hall–Kier alpha value is -2.21. The SMILES string of the molecule is CCC(=O)C1CCCCN1C(=O)c1cn(-c2ccccc2Cl)nn1. The van der Waals surface area contributed by atoms with E-state index in [1.165, 1.54) is 4.68 Å². The van der Waals surface area contributed by atoms with E-state index in [9.17, 15) is 9.59 Å². The maximum atomic E-state index is 12.8. The Morgan fingerprint density at radius 2 is 2.08 bits per heavy atom. The number of nitrogens with zero attached hydrogens (tertiary/aromatic N) is 4. The van der Waals surface area contributed by atoms with Crippen molar-refractivity contribution in [3.8, 4) is 5.69 Å². The number of Topliss-reactive ketones (excluding diaryl/α,β-unsaturated/α-hetero) is 1. The normalized spacial score (nSPS) is 17.8. The summed E-state index contributed by atoms with van der Waals surface area (Å²) in [6, 6.07) is 6.87. The summed E-state index contributed by atoms with van der Waals surface area (Å²) < 4.78 is 1.48. The van der Waals surface area contributed by atoms with Gasteiger partial charge in [0.05, 0.1) is 22.9 Å². The second-order valence-corrected chi connectivity index (χ2v) is 6.24. The van der Waals surface area contributed by atoms with E-state index in [2.05, 4.69) is 10.3 Å². The Kier molecular flexibility index (Phi) is 4.94. The van der Waals surface area contributed by atoms with Gasteiger partial charge in [0.15, 0.2) is 11.5 Å². The van der Waals surface area contributed by atoms with Crippen molar-refractivity contribution in [1.29, 1.82) is 0 Å². The number of rotatable bonds is 4. The van der Waals surface area contributed by atoms with Gasteiger partial charge in [-0.3, -0.25) is 9.59 Å². The van der Waals surface area contributed by atoms with Gasteiger partial charge in [0.2, 0.25) is 0 Å². The van der Waals surface area contributed by atoms with Crippen LogP contribution >= 0.6 is 11.6 Å². The number of halogens is 1. The van der Waals surface area contributed by atoms with Crippen molar-refractivity contribution < 1.29 is 9.59 Å². The van der Waals surface area contributed by atoms with Crippen LogP contribution in [0.15, 0.2) is 30.5 Å². The molecular weight excluding hydrogens is 328 g/mol. The number of carbonyl (C=O) groups is 2. The molecule has 1 saturated heterocycles. The fourth-order valence-electron chi connectivity index (χ4n) is 3.01.